The molecule has 0 aliphatic heterocycles. The van der Waals surface area contributed by atoms with Crippen LogP contribution in [-0.2, 0) is 9.47 Å². The lowest BCUT2D eigenvalue weighted by molar-refractivity contribution is 0.0494. The third kappa shape index (κ3) is 17.7. The van der Waals surface area contributed by atoms with E-state index in [9.17, 15) is 0 Å². The van der Waals surface area contributed by atoms with Gasteiger partial charge in [-0.3, -0.25) is 0 Å². The standard InChI is InChI=1S/C13H22O2.C2H6/c1-4-6-7-13(3)8-10-15-12-11-14-9-5-2;1-2/h4,6-7H,1,3,5,8-12H2,2H3;1-2H3/b7-6-;. The van der Waals surface area contributed by atoms with E-state index in [0.717, 1.165) is 25.0 Å². The van der Waals surface area contributed by atoms with Gasteiger partial charge in [0.15, 0.2) is 0 Å². The van der Waals surface area contributed by atoms with Gasteiger partial charge in [0.2, 0.25) is 0 Å². The molecule has 0 atom stereocenters. The molecular formula is C15H28O2. The first kappa shape index (κ1) is 18.5. The molecule has 0 unspecified atom stereocenters. The summed E-state index contributed by atoms with van der Waals surface area (Å²) in [7, 11) is 0. The molecule has 0 aromatic heterocycles. The SMILES string of the molecule is C=C/C=C\C(=C)CCOCCOCCC.CC. The summed E-state index contributed by atoms with van der Waals surface area (Å²) in [6.45, 7) is 16.5. The molecule has 17 heavy (non-hydrogen) atoms. The highest BCUT2D eigenvalue weighted by Gasteiger charge is 1.91. The Morgan fingerprint density at radius 3 is 2.18 bits per heavy atom. The Morgan fingerprint density at radius 1 is 1.06 bits per heavy atom. The second-order valence-electron chi connectivity index (χ2n) is 3.23. The van der Waals surface area contributed by atoms with Crippen molar-refractivity contribution in [2.24, 2.45) is 0 Å². The molecule has 0 aliphatic carbocycles. The second-order valence-corrected chi connectivity index (χ2v) is 3.23. The largest absolute Gasteiger partial charge is 0.379 e. The lowest BCUT2D eigenvalue weighted by Crippen LogP contribution is -2.05. The molecule has 0 fully saturated rings. The van der Waals surface area contributed by atoms with Gasteiger partial charge < -0.3 is 9.47 Å². The summed E-state index contributed by atoms with van der Waals surface area (Å²) in [5, 5.41) is 0. The fourth-order valence-corrected chi connectivity index (χ4v) is 0.957. The van der Waals surface area contributed by atoms with E-state index in [4.69, 9.17) is 9.47 Å². The van der Waals surface area contributed by atoms with Crippen molar-refractivity contribution in [3.05, 3.63) is 37.0 Å². The highest BCUT2D eigenvalue weighted by molar-refractivity contribution is 5.17. The Labute approximate surface area is 107 Å². The van der Waals surface area contributed by atoms with E-state index < -0.39 is 0 Å². The van der Waals surface area contributed by atoms with Crippen LogP contribution in [0.15, 0.2) is 37.0 Å². The minimum atomic E-state index is 0.665. The van der Waals surface area contributed by atoms with Crippen molar-refractivity contribution in [3.8, 4) is 0 Å². The van der Waals surface area contributed by atoms with Crippen molar-refractivity contribution < 1.29 is 9.47 Å². The van der Waals surface area contributed by atoms with Gasteiger partial charge in [0.05, 0.1) is 19.8 Å². The van der Waals surface area contributed by atoms with Gasteiger partial charge in [0.25, 0.3) is 0 Å². The van der Waals surface area contributed by atoms with Crippen LogP contribution in [0.5, 0.6) is 0 Å². The monoisotopic (exact) mass is 240 g/mol. The van der Waals surface area contributed by atoms with Crippen molar-refractivity contribution in [1.82, 2.24) is 0 Å². The quantitative estimate of drug-likeness (QED) is 0.422. The summed E-state index contributed by atoms with van der Waals surface area (Å²) < 4.78 is 10.7. The molecule has 0 N–H and O–H groups in total. The Hall–Kier alpha value is -0.860. The number of allylic oxidation sites excluding steroid dienone is 3. The van der Waals surface area contributed by atoms with E-state index >= 15 is 0 Å². The van der Waals surface area contributed by atoms with E-state index in [1.807, 2.05) is 26.0 Å². The van der Waals surface area contributed by atoms with Gasteiger partial charge in [-0.05, 0) is 12.8 Å². The number of ether oxygens (including phenoxy) is 2. The zero-order chi connectivity index (χ0) is 13.4. The van der Waals surface area contributed by atoms with Gasteiger partial charge in [-0.1, -0.05) is 57.7 Å². The summed E-state index contributed by atoms with van der Waals surface area (Å²) in [4.78, 5) is 0. The van der Waals surface area contributed by atoms with Gasteiger partial charge in [-0.2, -0.15) is 0 Å². The topological polar surface area (TPSA) is 18.5 Å². The molecule has 0 rings (SSSR count). The van der Waals surface area contributed by atoms with E-state index in [0.29, 0.717) is 19.8 Å². The van der Waals surface area contributed by atoms with Crippen LogP contribution < -0.4 is 0 Å². The van der Waals surface area contributed by atoms with E-state index in [-0.39, 0.29) is 0 Å². The van der Waals surface area contributed by atoms with E-state index in [1.54, 1.807) is 6.08 Å². The summed E-state index contributed by atoms with van der Waals surface area (Å²) in [5.41, 5.74) is 1.06. The molecule has 100 valence electrons. The maximum absolute atomic E-state index is 5.39. The predicted octanol–water partition coefficient (Wildman–Crippen LogP) is 4.14. The Bertz CT molecular complexity index is 195. The molecule has 0 spiro atoms. The molecule has 0 heterocycles. The summed E-state index contributed by atoms with van der Waals surface area (Å²) in [6, 6.07) is 0. The van der Waals surface area contributed by atoms with Crippen molar-refractivity contribution in [3.63, 3.8) is 0 Å². The van der Waals surface area contributed by atoms with Crippen molar-refractivity contribution in [2.75, 3.05) is 26.4 Å². The summed E-state index contributed by atoms with van der Waals surface area (Å²) >= 11 is 0. The molecule has 0 aromatic rings. The van der Waals surface area contributed by atoms with Crippen LogP contribution in [0.25, 0.3) is 0 Å². The number of hydrogen-bond acceptors (Lipinski definition) is 2. The lowest BCUT2D eigenvalue weighted by Gasteiger charge is -2.04. The van der Waals surface area contributed by atoms with Crippen LogP contribution >= 0.6 is 0 Å². The molecule has 0 saturated carbocycles. The Kier molecular flexibility index (Phi) is 19.1. The van der Waals surface area contributed by atoms with Crippen LogP contribution in [0.1, 0.15) is 33.6 Å². The molecule has 0 aromatic carbocycles. The summed E-state index contributed by atoms with van der Waals surface area (Å²) in [6.07, 6.45) is 7.49. The molecule has 0 bridgehead atoms. The van der Waals surface area contributed by atoms with Gasteiger partial charge in [0.1, 0.15) is 0 Å². The first-order valence-electron chi connectivity index (χ1n) is 6.43. The third-order valence-electron chi connectivity index (χ3n) is 1.76. The highest BCUT2D eigenvalue weighted by Crippen LogP contribution is 2.00. The molecular weight excluding hydrogens is 212 g/mol. The first-order valence-corrected chi connectivity index (χ1v) is 6.43. The average molecular weight is 240 g/mol. The smallest absolute Gasteiger partial charge is 0.0700 e. The van der Waals surface area contributed by atoms with Gasteiger partial charge in [0, 0.05) is 6.61 Å². The molecule has 0 amide bonds. The van der Waals surface area contributed by atoms with Crippen LogP contribution in [0.4, 0.5) is 0 Å². The number of hydrogen-bond donors (Lipinski definition) is 0. The summed E-state index contributed by atoms with van der Waals surface area (Å²) in [5.74, 6) is 0. The zero-order valence-electron chi connectivity index (χ0n) is 11.7. The highest BCUT2D eigenvalue weighted by atomic mass is 16.5. The first-order chi connectivity index (χ1) is 8.31. The molecule has 0 aliphatic rings. The third-order valence-corrected chi connectivity index (χ3v) is 1.76. The normalized spacial score (nSPS) is 9.82. The molecule has 2 nitrogen and oxygen atoms in total. The Balaban J connectivity index is 0. The molecule has 0 saturated heterocycles. The minimum Gasteiger partial charge on any atom is -0.379 e. The van der Waals surface area contributed by atoms with Crippen molar-refractivity contribution in [1.29, 1.82) is 0 Å². The maximum atomic E-state index is 5.39. The molecule has 0 radical (unpaired) electrons. The maximum Gasteiger partial charge on any atom is 0.0700 e. The van der Waals surface area contributed by atoms with Crippen LogP contribution in [0.3, 0.4) is 0 Å². The number of rotatable bonds is 10. The van der Waals surface area contributed by atoms with Crippen LogP contribution in [0, 0.1) is 0 Å². The lowest BCUT2D eigenvalue weighted by atomic mass is 10.2. The Morgan fingerprint density at radius 2 is 1.65 bits per heavy atom. The predicted molar refractivity (Wildman–Crippen MR) is 76.4 cm³/mol. The van der Waals surface area contributed by atoms with Crippen LogP contribution in [0.2, 0.25) is 0 Å². The van der Waals surface area contributed by atoms with E-state index in [2.05, 4.69) is 20.1 Å². The van der Waals surface area contributed by atoms with Crippen LogP contribution in [-0.4, -0.2) is 26.4 Å². The minimum absolute atomic E-state index is 0.665. The fraction of sp³-hybridized carbons (Fsp3) is 0.600. The van der Waals surface area contributed by atoms with Gasteiger partial charge in [-0.25, -0.2) is 0 Å². The van der Waals surface area contributed by atoms with Gasteiger partial charge >= 0.3 is 0 Å². The van der Waals surface area contributed by atoms with Crippen molar-refractivity contribution >= 4 is 0 Å². The zero-order valence-corrected chi connectivity index (χ0v) is 11.7. The van der Waals surface area contributed by atoms with Crippen molar-refractivity contribution in [2.45, 2.75) is 33.6 Å². The molecule has 2 heteroatoms. The van der Waals surface area contributed by atoms with E-state index in [1.165, 1.54) is 0 Å². The van der Waals surface area contributed by atoms with Gasteiger partial charge in [-0.15, -0.1) is 0 Å². The fourth-order valence-electron chi connectivity index (χ4n) is 0.957. The average Bonchev–Trinajstić information content (AvgIpc) is 2.37. The second kappa shape index (κ2) is 17.5.